The summed E-state index contributed by atoms with van der Waals surface area (Å²) in [5.74, 6) is -0.225. The average molecular weight is 575 g/mol. The van der Waals surface area contributed by atoms with Gasteiger partial charge in [-0.25, -0.2) is 4.40 Å². The van der Waals surface area contributed by atoms with Gasteiger partial charge < -0.3 is 5.32 Å². The lowest BCUT2D eigenvalue weighted by Gasteiger charge is -2.31. The number of hydrogen-bond donors (Lipinski definition) is 1. The van der Waals surface area contributed by atoms with E-state index in [1.54, 1.807) is 36.4 Å². The Morgan fingerprint density at radius 3 is 2.37 bits per heavy atom. The van der Waals surface area contributed by atoms with E-state index in [0.717, 1.165) is 23.1 Å². The van der Waals surface area contributed by atoms with Gasteiger partial charge in [0.15, 0.2) is 4.75 Å². The lowest BCUT2D eigenvalue weighted by Crippen LogP contribution is -2.39. The molecule has 1 amide bonds. The molecule has 0 aromatic heterocycles. The number of nitrogens with zero attached hydrogens (tertiary/aromatic N) is 1. The Morgan fingerprint density at radius 1 is 1.06 bits per heavy atom. The molecule has 0 fully saturated rings. The van der Waals surface area contributed by atoms with Crippen molar-refractivity contribution in [3.8, 4) is 0 Å². The number of carbonyl (C=O) groups excluding carboxylic acids is 1. The zero-order valence-corrected chi connectivity index (χ0v) is 20.4. The predicted octanol–water partition coefficient (Wildman–Crippen LogP) is 7.56. The molecule has 3 aromatic carbocycles. The second-order valence-electron chi connectivity index (χ2n) is 8.05. The lowest BCUT2D eigenvalue weighted by atomic mass is 9.87. The molecule has 3 nitrogen and oxygen atoms in total. The Labute approximate surface area is 209 Å². The standard InChI is InChI=1S/C24H17BrF6N2OS/c1-13(34)32-12-14-6-8-18(17-5-3-2-4-16(14)17)21-11-22(35-33-21,24(29,30)31)15-7-9-20(25)19(10-15)23(26,27)28/h2-10H,11-12H2,1H3,(H,32,34). The largest absolute Gasteiger partial charge is 0.417 e. The monoisotopic (exact) mass is 574 g/mol. The van der Waals surface area contributed by atoms with Gasteiger partial charge in [-0.15, -0.1) is 0 Å². The molecular weight excluding hydrogens is 558 g/mol. The molecule has 184 valence electrons. The summed E-state index contributed by atoms with van der Waals surface area (Å²) in [7, 11) is 0. The van der Waals surface area contributed by atoms with Crippen molar-refractivity contribution in [2.45, 2.75) is 37.0 Å². The second kappa shape index (κ2) is 9.16. The van der Waals surface area contributed by atoms with Gasteiger partial charge in [-0.2, -0.15) is 26.3 Å². The van der Waals surface area contributed by atoms with Crippen molar-refractivity contribution in [1.29, 1.82) is 0 Å². The van der Waals surface area contributed by atoms with Gasteiger partial charge in [-0.1, -0.05) is 58.4 Å². The number of rotatable bonds is 4. The molecule has 1 aliphatic heterocycles. The first kappa shape index (κ1) is 25.6. The quantitative estimate of drug-likeness (QED) is 0.258. The zero-order valence-electron chi connectivity index (χ0n) is 18.0. The Hall–Kier alpha value is -2.53. The van der Waals surface area contributed by atoms with Crippen molar-refractivity contribution >= 4 is 50.3 Å². The van der Waals surface area contributed by atoms with Gasteiger partial charge in [0.05, 0.1) is 11.3 Å². The lowest BCUT2D eigenvalue weighted by molar-refractivity contribution is -0.160. The van der Waals surface area contributed by atoms with Gasteiger partial charge in [-0.05, 0) is 46.0 Å². The SMILES string of the molecule is CC(=O)NCc1ccc(C2=NSC(c3ccc(Br)c(C(F)(F)F)c3)(C(F)(F)F)C2)c2ccccc12. The maximum Gasteiger partial charge on any atom is 0.417 e. The average Bonchev–Trinajstić information content (AvgIpc) is 3.23. The number of carbonyl (C=O) groups is 1. The Kier molecular flexibility index (Phi) is 6.69. The minimum absolute atomic E-state index is 0.131. The van der Waals surface area contributed by atoms with Gasteiger partial charge in [0.25, 0.3) is 0 Å². The maximum atomic E-state index is 14.4. The summed E-state index contributed by atoms with van der Waals surface area (Å²) in [4.78, 5) is 11.3. The third-order valence-electron chi connectivity index (χ3n) is 5.78. The fourth-order valence-corrected chi connectivity index (χ4v) is 5.47. The van der Waals surface area contributed by atoms with Crippen LogP contribution in [0.5, 0.6) is 0 Å². The van der Waals surface area contributed by atoms with Crippen molar-refractivity contribution in [2.24, 2.45) is 4.40 Å². The van der Waals surface area contributed by atoms with Crippen molar-refractivity contribution in [3.63, 3.8) is 0 Å². The molecule has 1 N–H and O–H groups in total. The summed E-state index contributed by atoms with van der Waals surface area (Å²) in [6, 6.07) is 12.9. The molecule has 0 saturated heterocycles. The number of amides is 1. The summed E-state index contributed by atoms with van der Waals surface area (Å²) in [6.07, 6.45) is -10.3. The summed E-state index contributed by atoms with van der Waals surface area (Å²) >= 11 is 3.01. The van der Waals surface area contributed by atoms with E-state index in [9.17, 15) is 31.1 Å². The smallest absolute Gasteiger partial charge is 0.352 e. The van der Waals surface area contributed by atoms with Crippen LogP contribution < -0.4 is 5.32 Å². The normalized spacial score (nSPS) is 18.6. The van der Waals surface area contributed by atoms with Gasteiger partial charge in [0, 0.05) is 29.9 Å². The number of fused-ring (bicyclic) bond motifs is 1. The van der Waals surface area contributed by atoms with E-state index in [4.69, 9.17) is 0 Å². The van der Waals surface area contributed by atoms with Gasteiger partial charge in [-0.3, -0.25) is 4.79 Å². The van der Waals surface area contributed by atoms with Gasteiger partial charge in [0.1, 0.15) is 0 Å². The highest BCUT2D eigenvalue weighted by atomic mass is 79.9. The molecule has 3 aromatic rings. The molecule has 35 heavy (non-hydrogen) atoms. The fraction of sp³-hybridized carbons (Fsp3) is 0.250. The predicted molar refractivity (Wildman–Crippen MR) is 127 cm³/mol. The maximum absolute atomic E-state index is 14.4. The molecule has 1 atom stereocenters. The number of nitrogens with one attached hydrogen (secondary N) is 1. The van der Waals surface area contributed by atoms with Crippen LogP contribution in [-0.4, -0.2) is 17.8 Å². The third-order valence-corrected chi connectivity index (χ3v) is 7.70. The summed E-state index contributed by atoms with van der Waals surface area (Å²) < 4.78 is 84.7. The second-order valence-corrected chi connectivity index (χ2v) is 9.97. The molecule has 0 saturated carbocycles. The van der Waals surface area contributed by atoms with Gasteiger partial charge >= 0.3 is 12.4 Å². The van der Waals surface area contributed by atoms with E-state index < -0.39 is 34.6 Å². The van der Waals surface area contributed by atoms with E-state index in [2.05, 4.69) is 25.6 Å². The number of alkyl halides is 6. The highest BCUT2D eigenvalue weighted by Crippen LogP contribution is 2.57. The van der Waals surface area contributed by atoms with Crippen molar-refractivity contribution in [3.05, 3.63) is 81.3 Å². The van der Waals surface area contributed by atoms with Crippen LogP contribution >= 0.6 is 27.9 Å². The first-order valence-corrected chi connectivity index (χ1v) is 11.8. The Balaban J connectivity index is 1.78. The van der Waals surface area contributed by atoms with E-state index in [1.807, 2.05) is 0 Å². The van der Waals surface area contributed by atoms with Gasteiger partial charge in [0.2, 0.25) is 5.91 Å². The molecule has 1 aliphatic rings. The minimum Gasteiger partial charge on any atom is -0.352 e. The number of benzene rings is 3. The Morgan fingerprint density at radius 2 is 1.74 bits per heavy atom. The van der Waals surface area contributed by atoms with E-state index >= 15 is 0 Å². The molecule has 1 heterocycles. The van der Waals surface area contributed by atoms with Crippen LogP contribution in [0.25, 0.3) is 10.8 Å². The Bertz CT molecular complexity index is 1340. The van der Waals surface area contributed by atoms with Crippen LogP contribution in [0, 0.1) is 0 Å². The molecule has 4 rings (SSSR count). The fourth-order valence-electron chi connectivity index (χ4n) is 4.03. The molecule has 0 aliphatic carbocycles. The number of hydrogen-bond acceptors (Lipinski definition) is 3. The highest BCUT2D eigenvalue weighted by Gasteiger charge is 2.60. The molecule has 1 unspecified atom stereocenters. The van der Waals surface area contributed by atoms with E-state index in [0.29, 0.717) is 17.0 Å². The van der Waals surface area contributed by atoms with E-state index in [-0.39, 0.29) is 34.6 Å². The number of halogens is 7. The molecule has 0 bridgehead atoms. The van der Waals surface area contributed by atoms with Crippen LogP contribution in [0.15, 0.2) is 63.5 Å². The van der Waals surface area contributed by atoms with Crippen LogP contribution in [0.2, 0.25) is 0 Å². The third kappa shape index (κ3) is 4.80. The minimum atomic E-state index is -4.87. The van der Waals surface area contributed by atoms with Crippen LogP contribution in [-0.2, 0) is 22.3 Å². The van der Waals surface area contributed by atoms with Crippen molar-refractivity contribution < 1.29 is 31.1 Å². The van der Waals surface area contributed by atoms with Crippen molar-refractivity contribution in [2.75, 3.05) is 0 Å². The molecule has 11 heteroatoms. The summed E-state index contributed by atoms with van der Waals surface area (Å²) in [5, 5.41) is 4.08. The highest BCUT2D eigenvalue weighted by molar-refractivity contribution is 9.10. The van der Waals surface area contributed by atoms with Crippen LogP contribution in [0.4, 0.5) is 26.3 Å². The summed E-state index contributed by atoms with van der Waals surface area (Å²) in [5.41, 5.74) is -0.336. The topological polar surface area (TPSA) is 41.5 Å². The van der Waals surface area contributed by atoms with Crippen molar-refractivity contribution in [1.82, 2.24) is 5.32 Å². The molecular formula is C24H17BrF6N2OS. The molecule has 0 spiro atoms. The first-order valence-electron chi connectivity index (χ1n) is 10.3. The van der Waals surface area contributed by atoms with Crippen LogP contribution in [0.1, 0.15) is 35.6 Å². The van der Waals surface area contributed by atoms with Crippen LogP contribution in [0.3, 0.4) is 0 Å². The zero-order chi connectivity index (χ0) is 25.6. The first-order chi connectivity index (χ1) is 16.3. The van der Waals surface area contributed by atoms with E-state index in [1.165, 1.54) is 6.92 Å². The molecule has 0 radical (unpaired) electrons. The summed E-state index contributed by atoms with van der Waals surface area (Å²) in [6.45, 7) is 1.62.